The second-order valence-electron chi connectivity index (χ2n) is 3.16. The Labute approximate surface area is 50.5 Å². The van der Waals surface area contributed by atoms with Crippen LogP contribution in [0.15, 0.2) is 0 Å². The van der Waals surface area contributed by atoms with Crippen molar-refractivity contribution in [2.75, 3.05) is 0 Å². The van der Waals surface area contributed by atoms with Crippen LogP contribution in [0.3, 0.4) is 0 Å². The molecule has 1 saturated heterocycles. The van der Waals surface area contributed by atoms with Crippen molar-refractivity contribution < 1.29 is 0 Å². The van der Waals surface area contributed by atoms with Gasteiger partial charge in [0.15, 0.2) is 0 Å². The van der Waals surface area contributed by atoms with E-state index in [1.165, 1.54) is 25.7 Å². The molecule has 1 aliphatic heterocycles. The van der Waals surface area contributed by atoms with Gasteiger partial charge in [-0.25, -0.2) is 0 Å². The van der Waals surface area contributed by atoms with Crippen LogP contribution >= 0.6 is 0 Å². The van der Waals surface area contributed by atoms with Crippen LogP contribution in [0, 0.1) is 0 Å². The highest BCUT2D eigenvalue weighted by Gasteiger charge is 2.68. The molecule has 8 heavy (non-hydrogen) atoms. The van der Waals surface area contributed by atoms with Gasteiger partial charge in [-0.15, -0.1) is 0 Å². The molecule has 1 saturated carbocycles. The van der Waals surface area contributed by atoms with Crippen LogP contribution < -0.4 is 5.32 Å². The van der Waals surface area contributed by atoms with E-state index in [9.17, 15) is 0 Å². The van der Waals surface area contributed by atoms with Gasteiger partial charge in [-0.1, -0.05) is 19.8 Å². The topological polar surface area (TPSA) is 21.9 Å². The lowest BCUT2D eigenvalue weighted by atomic mass is 10.1. The van der Waals surface area contributed by atoms with Gasteiger partial charge in [-0.2, -0.15) is 0 Å². The average molecular weight is 111 g/mol. The van der Waals surface area contributed by atoms with Crippen molar-refractivity contribution in [3.05, 3.63) is 0 Å². The molecule has 2 fully saturated rings. The Kier molecular flexibility index (Phi) is 0.762. The van der Waals surface area contributed by atoms with Crippen molar-refractivity contribution in [1.29, 1.82) is 0 Å². The summed E-state index contributed by atoms with van der Waals surface area (Å²) in [5, 5.41) is 3.44. The standard InChI is InChI=1S/C7H13N/c1-2-3-4-7-5-6(7)8-7/h6,8H,2-5H2,1H3. The minimum absolute atomic E-state index is 0.718. The molecule has 0 aromatic carbocycles. The molecule has 0 aromatic heterocycles. The zero-order valence-electron chi connectivity index (χ0n) is 5.41. The summed E-state index contributed by atoms with van der Waals surface area (Å²) in [5.41, 5.74) is 0.718. The van der Waals surface area contributed by atoms with Gasteiger partial charge in [-0.3, -0.25) is 0 Å². The molecule has 1 N–H and O–H groups in total. The monoisotopic (exact) mass is 111 g/mol. The Morgan fingerprint density at radius 1 is 1.75 bits per heavy atom. The van der Waals surface area contributed by atoms with Gasteiger partial charge in [0.05, 0.1) is 0 Å². The molecule has 2 unspecified atom stereocenters. The minimum Gasteiger partial charge on any atom is -0.305 e. The van der Waals surface area contributed by atoms with Crippen LogP contribution in [0.4, 0.5) is 0 Å². The highest BCUT2D eigenvalue weighted by Crippen LogP contribution is 2.54. The number of unbranched alkanes of at least 4 members (excludes halogenated alkanes) is 1. The summed E-state index contributed by atoms with van der Waals surface area (Å²) >= 11 is 0. The maximum Gasteiger partial charge on any atom is 0.0354 e. The smallest absolute Gasteiger partial charge is 0.0354 e. The van der Waals surface area contributed by atoms with Gasteiger partial charge in [-0.05, 0) is 12.8 Å². The molecule has 1 aliphatic carbocycles. The van der Waals surface area contributed by atoms with E-state index in [0.29, 0.717) is 0 Å². The SMILES string of the molecule is CCCCC12CC1N2. The molecule has 1 heterocycles. The van der Waals surface area contributed by atoms with Crippen molar-refractivity contribution in [2.45, 2.75) is 44.2 Å². The molecule has 0 bridgehead atoms. The third-order valence-corrected chi connectivity index (χ3v) is 2.43. The van der Waals surface area contributed by atoms with E-state index in [-0.39, 0.29) is 0 Å². The van der Waals surface area contributed by atoms with Crippen molar-refractivity contribution >= 4 is 0 Å². The maximum atomic E-state index is 3.44. The summed E-state index contributed by atoms with van der Waals surface area (Å²) in [7, 11) is 0. The summed E-state index contributed by atoms with van der Waals surface area (Å²) in [6, 6.07) is 0.967. The summed E-state index contributed by atoms with van der Waals surface area (Å²) in [5.74, 6) is 0. The van der Waals surface area contributed by atoms with Gasteiger partial charge < -0.3 is 5.32 Å². The maximum absolute atomic E-state index is 3.44. The van der Waals surface area contributed by atoms with Crippen LogP contribution in [-0.4, -0.2) is 11.6 Å². The zero-order valence-corrected chi connectivity index (χ0v) is 5.41. The molecule has 2 rings (SSSR count). The minimum atomic E-state index is 0.718. The summed E-state index contributed by atoms with van der Waals surface area (Å²) in [6.07, 6.45) is 5.70. The van der Waals surface area contributed by atoms with Gasteiger partial charge in [0.1, 0.15) is 0 Å². The summed E-state index contributed by atoms with van der Waals surface area (Å²) < 4.78 is 0. The first-order valence-corrected chi connectivity index (χ1v) is 3.65. The first kappa shape index (κ1) is 4.80. The number of hydrogen-bond donors (Lipinski definition) is 1. The van der Waals surface area contributed by atoms with Gasteiger partial charge >= 0.3 is 0 Å². The molecular weight excluding hydrogens is 98.1 g/mol. The number of rotatable bonds is 3. The van der Waals surface area contributed by atoms with Crippen LogP contribution in [0.2, 0.25) is 0 Å². The van der Waals surface area contributed by atoms with E-state index in [2.05, 4.69) is 12.2 Å². The molecule has 1 heteroatoms. The predicted molar refractivity (Wildman–Crippen MR) is 33.8 cm³/mol. The molecule has 0 aromatic rings. The van der Waals surface area contributed by atoms with Crippen molar-refractivity contribution in [1.82, 2.24) is 5.32 Å². The largest absolute Gasteiger partial charge is 0.305 e. The normalized spacial score (nSPS) is 48.4. The Morgan fingerprint density at radius 3 is 2.75 bits per heavy atom. The quantitative estimate of drug-likeness (QED) is 0.545. The highest BCUT2D eigenvalue weighted by atomic mass is 15.3. The molecule has 2 atom stereocenters. The summed E-state index contributed by atoms with van der Waals surface area (Å²) in [6.45, 7) is 2.26. The molecule has 46 valence electrons. The van der Waals surface area contributed by atoms with Crippen molar-refractivity contribution in [2.24, 2.45) is 0 Å². The van der Waals surface area contributed by atoms with Crippen LogP contribution in [0.5, 0.6) is 0 Å². The number of fused-ring (bicyclic) bond motifs is 1. The van der Waals surface area contributed by atoms with Gasteiger partial charge in [0.25, 0.3) is 0 Å². The third-order valence-electron chi connectivity index (χ3n) is 2.43. The number of hydrogen-bond acceptors (Lipinski definition) is 1. The van der Waals surface area contributed by atoms with E-state index < -0.39 is 0 Å². The second kappa shape index (κ2) is 1.27. The molecular formula is C7H13N. The Bertz CT molecular complexity index is 103. The van der Waals surface area contributed by atoms with E-state index in [4.69, 9.17) is 0 Å². The fraction of sp³-hybridized carbons (Fsp3) is 1.00. The molecule has 0 amide bonds. The number of nitrogens with one attached hydrogen (secondary N) is 1. The van der Waals surface area contributed by atoms with E-state index >= 15 is 0 Å². The first-order chi connectivity index (χ1) is 3.87. The average Bonchev–Trinajstić information content (AvgIpc) is 2.45. The molecule has 0 radical (unpaired) electrons. The van der Waals surface area contributed by atoms with Crippen LogP contribution in [0.1, 0.15) is 32.6 Å². The lowest BCUT2D eigenvalue weighted by Gasteiger charge is -1.98. The van der Waals surface area contributed by atoms with Crippen molar-refractivity contribution in [3.63, 3.8) is 0 Å². The zero-order chi connectivity index (χ0) is 5.61. The Balaban J connectivity index is 1.70. The highest BCUT2D eigenvalue weighted by molar-refractivity contribution is 5.31. The molecule has 0 spiro atoms. The van der Waals surface area contributed by atoms with Gasteiger partial charge in [0.2, 0.25) is 0 Å². The second-order valence-corrected chi connectivity index (χ2v) is 3.16. The lowest BCUT2D eigenvalue weighted by molar-refractivity contribution is 0.599. The Morgan fingerprint density at radius 2 is 2.38 bits per heavy atom. The van der Waals surface area contributed by atoms with Crippen LogP contribution in [-0.2, 0) is 0 Å². The lowest BCUT2D eigenvalue weighted by Crippen LogP contribution is -2.07. The van der Waals surface area contributed by atoms with E-state index in [0.717, 1.165) is 11.6 Å². The third kappa shape index (κ3) is 0.510. The fourth-order valence-electron chi connectivity index (χ4n) is 1.43. The first-order valence-electron chi connectivity index (χ1n) is 3.65. The van der Waals surface area contributed by atoms with E-state index in [1.54, 1.807) is 0 Å². The van der Waals surface area contributed by atoms with Crippen molar-refractivity contribution in [3.8, 4) is 0 Å². The van der Waals surface area contributed by atoms with Gasteiger partial charge in [0, 0.05) is 11.6 Å². The fourth-order valence-corrected chi connectivity index (χ4v) is 1.43. The van der Waals surface area contributed by atoms with E-state index in [1.807, 2.05) is 0 Å². The summed E-state index contributed by atoms with van der Waals surface area (Å²) in [4.78, 5) is 0. The predicted octanol–water partition coefficient (Wildman–Crippen LogP) is 1.29. The Hall–Kier alpha value is -0.0400. The van der Waals surface area contributed by atoms with Crippen LogP contribution in [0.25, 0.3) is 0 Å². The molecule has 2 aliphatic rings. The molecule has 1 nitrogen and oxygen atoms in total.